The quantitative estimate of drug-likeness (QED) is 0.858. The Bertz CT molecular complexity index is 461. The zero-order chi connectivity index (χ0) is 12.1. The summed E-state index contributed by atoms with van der Waals surface area (Å²) in [6, 6.07) is -0.0880. The summed E-state index contributed by atoms with van der Waals surface area (Å²) in [7, 11) is 0. The molecule has 1 N–H and O–H groups in total. The molecule has 16 heavy (non-hydrogen) atoms. The highest BCUT2D eigenvalue weighted by molar-refractivity contribution is 9.10. The molecule has 1 aromatic heterocycles. The smallest absolute Gasteiger partial charge is 0.283 e. The van der Waals surface area contributed by atoms with Gasteiger partial charge in [-0.25, -0.2) is 4.68 Å². The van der Waals surface area contributed by atoms with E-state index in [2.05, 4.69) is 32.3 Å². The largest absolute Gasteiger partial charge is 0.369 e. The van der Waals surface area contributed by atoms with Gasteiger partial charge in [0.05, 0.1) is 17.9 Å². The van der Waals surface area contributed by atoms with Gasteiger partial charge in [-0.1, -0.05) is 12.8 Å². The van der Waals surface area contributed by atoms with Crippen LogP contribution in [0.4, 0.5) is 5.69 Å². The fraction of sp³-hybridized carbons (Fsp3) is 0.455. The van der Waals surface area contributed by atoms with E-state index in [1.165, 1.54) is 4.68 Å². The van der Waals surface area contributed by atoms with Crippen molar-refractivity contribution in [2.45, 2.75) is 32.9 Å². The Kier molecular flexibility index (Phi) is 4.56. The van der Waals surface area contributed by atoms with E-state index in [4.69, 9.17) is 6.42 Å². The van der Waals surface area contributed by atoms with Crippen molar-refractivity contribution < 1.29 is 0 Å². The van der Waals surface area contributed by atoms with Crippen LogP contribution in [0.15, 0.2) is 15.5 Å². The average Bonchev–Trinajstić information content (AvgIpc) is 2.31. The SMILES string of the molecule is C#CC(CC)Nc1cnn(CC)c(=O)c1Br. The zero-order valence-corrected chi connectivity index (χ0v) is 10.9. The first-order chi connectivity index (χ1) is 7.63. The minimum Gasteiger partial charge on any atom is -0.369 e. The summed E-state index contributed by atoms with van der Waals surface area (Å²) in [6.07, 6.45) is 7.74. The van der Waals surface area contributed by atoms with Crippen LogP contribution in [0.3, 0.4) is 0 Å². The molecule has 0 aliphatic heterocycles. The second-order valence-corrected chi connectivity index (χ2v) is 4.06. The molecule has 0 aliphatic carbocycles. The van der Waals surface area contributed by atoms with Crippen molar-refractivity contribution in [3.63, 3.8) is 0 Å². The van der Waals surface area contributed by atoms with Gasteiger partial charge in [0.2, 0.25) is 0 Å². The number of hydrogen-bond acceptors (Lipinski definition) is 3. The van der Waals surface area contributed by atoms with E-state index in [9.17, 15) is 4.79 Å². The Labute approximate surface area is 103 Å². The van der Waals surface area contributed by atoms with Crippen LogP contribution < -0.4 is 10.9 Å². The highest BCUT2D eigenvalue weighted by atomic mass is 79.9. The molecule has 0 aromatic carbocycles. The van der Waals surface area contributed by atoms with Crippen LogP contribution >= 0.6 is 15.9 Å². The first-order valence-electron chi connectivity index (χ1n) is 5.12. The van der Waals surface area contributed by atoms with Gasteiger partial charge in [0.15, 0.2) is 0 Å². The predicted octanol–water partition coefficient (Wildman–Crippen LogP) is 1.85. The molecule has 0 radical (unpaired) electrons. The molecule has 1 heterocycles. The van der Waals surface area contributed by atoms with E-state index < -0.39 is 0 Å². The van der Waals surface area contributed by atoms with Crippen LogP contribution in [0.1, 0.15) is 20.3 Å². The average molecular weight is 284 g/mol. The van der Waals surface area contributed by atoms with Crippen LogP contribution in [0.2, 0.25) is 0 Å². The standard InChI is InChI=1S/C11H14BrN3O/c1-4-8(5-2)14-9-7-13-15(6-3)11(16)10(9)12/h1,7-8,14H,5-6H2,2-3H3. The molecule has 0 saturated carbocycles. The Morgan fingerprint density at radius 2 is 2.38 bits per heavy atom. The van der Waals surface area contributed by atoms with Crippen LogP contribution in [-0.2, 0) is 6.54 Å². The normalized spacial score (nSPS) is 11.9. The van der Waals surface area contributed by atoms with Gasteiger partial charge in [-0.15, -0.1) is 6.42 Å². The van der Waals surface area contributed by atoms with Gasteiger partial charge in [0.25, 0.3) is 5.56 Å². The van der Waals surface area contributed by atoms with Crippen LogP contribution in [0.5, 0.6) is 0 Å². The van der Waals surface area contributed by atoms with E-state index in [0.29, 0.717) is 16.7 Å². The lowest BCUT2D eigenvalue weighted by molar-refractivity contribution is 0.612. The topological polar surface area (TPSA) is 46.9 Å². The first-order valence-corrected chi connectivity index (χ1v) is 5.91. The van der Waals surface area contributed by atoms with Crippen molar-refractivity contribution >= 4 is 21.6 Å². The Balaban J connectivity index is 3.04. The van der Waals surface area contributed by atoms with Crippen LogP contribution in [0, 0.1) is 12.3 Å². The summed E-state index contributed by atoms with van der Waals surface area (Å²) in [4.78, 5) is 11.7. The molecule has 0 spiro atoms. The highest BCUT2D eigenvalue weighted by Gasteiger charge is 2.10. The van der Waals surface area contributed by atoms with E-state index in [1.807, 2.05) is 13.8 Å². The summed E-state index contributed by atoms with van der Waals surface area (Å²) in [5.41, 5.74) is 0.485. The van der Waals surface area contributed by atoms with Crippen molar-refractivity contribution in [1.29, 1.82) is 0 Å². The Morgan fingerprint density at radius 1 is 1.69 bits per heavy atom. The first kappa shape index (κ1) is 12.8. The molecule has 1 unspecified atom stereocenters. The van der Waals surface area contributed by atoms with E-state index in [1.54, 1.807) is 6.20 Å². The summed E-state index contributed by atoms with van der Waals surface area (Å²) in [6.45, 7) is 4.39. The number of nitrogens with one attached hydrogen (secondary N) is 1. The maximum Gasteiger partial charge on any atom is 0.283 e. The van der Waals surface area contributed by atoms with E-state index in [-0.39, 0.29) is 11.6 Å². The van der Waals surface area contributed by atoms with Crippen LogP contribution in [0.25, 0.3) is 0 Å². The third-order valence-corrected chi connectivity index (χ3v) is 2.99. The molecule has 1 atom stereocenters. The lowest BCUT2D eigenvalue weighted by atomic mass is 10.2. The fourth-order valence-corrected chi connectivity index (χ4v) is 1.66. The molecule has 0 aliphatic rings. The molecule has 0 amide bonds. The van der Waals surface area contributed by atoms with Gasteiger partial charge in [-0.3, -0.25) is 4.79 Å². The summed E-state index contributed by atoms with van der Waals surface area (Å²) >= 11 is 3.25. The molecular formula is C11H14BrN3O. The molecule has 0 fully saturated rings. The fourth-order valence-electron chi connectivity index (χ4n) is 1.24. The van der Waals surface area contributed by atoms with Gasteiger partial charge >= 0.3 is 0 Å². The van der Waals surface area contributed by atoms with Crippen molar-refractivity contribution in [3.8, 4) is 12.3 Å². The third kappa shape index (κ3) is 2.64. The molecule has 4 nitrogen and oxygen atoms in total. The van der Waals surface area contributed by atoms with E-state index >= 15 is 0 Å². The van der Waals surface area contributed by atoms with Gasteiger partial charge in [0.1, 0.15) is 4.47 Å². The summed E-state index contributed by atoms with van der Waals surface area (Å²) in [5, 5.41) is 7.10. The van der Waals surface area contributed by atoms with Gasteiger partial charge in [-0.2, -0.15) is 5.10 Å². The predicted molar refractivity (Wildman–Crippen MR) is 68.4 cm³/mol. The lowest BCUT2D eigenvalue weighted by Gasteiger charge is -2.13. The highest BCUT2D eigenvalue weighted by Crippen LogP contribution is 2.17. The van der Waals surface area contributed by atoms with Crippen molar-refractivity contribution in [3.05, 3.63) is 21.0 Å². The Hall–Kier alpha value is -1.28. The number of nitrogens with zero attached hydrogens (tertiary/aromatic N) is 2. The van der Waals surface area contributed by atoms with Gasteiger partial charge in [-0.05, 0) is 29.3 Å². The number of aryl methyl sites for hydroxylation is 1. The maximum absolute atomic E-state index is 11.7. The van der Waals surface area contributed by atoms with Crippen molar-refractivity contribution in [2.24, 2.45) is 0 Å². The zero-order valence-electron chi connectivity index (χ0n) is 9.33. The number of hydrogen-bond donors (Lipinski definition) is 1. The van der Waals surface area contributed by atoms with Gasteiger partial charge < -0.3 is 5.32 Å². The minimum absolute atomic E-state index is 0.0880. The Morgan fingerprint density at radius 3 is 2.88 bits per heavy atom. The molecule has 5 heteroatoms. The van der Waals surface area contributed by atoms with Crippen LogP contribution in [-0.4, -0.2) is 15.8 Å². The molecule has 1 aromatic rings. The van der Waals surface area contributed by atoms with Crippen molar-refractivity contribution in [1.82, 2.24) is 9.78 Å². The molecule has 0 bridgehead atoms. The minimum atomic E-state index is -0.153. The maximum atomic E-state index is 11.7. The monoisotopic (exact) mass is 283 g/mol. The third-order valence-electron chi connectivity index (χ3n) is 2.22. The number of rotatable bonds is 4. The molecule has 0 saturated heterocycles. The second-order valence-electron chi connectivity index (χ2n) is 3.26. The number of aromatic nitrogens is 2. The van der Waals surface area contributed by atoms with E-state index in [0.717, 1.165) is 6.42 Å². The summed E-state index contributed by atoms with van der Waals surface area (Å²) in [5.74, 6) is 2.61. The van der Waals surface area contributed by atoms with Crippen molar-refractivity contribution in [2.75, 3.05) is 5.32 Å². The molecular weight excluding hydrogens is 270 g/mol. The number of anilines is 1. The molecule has 1 rings (SSSR count). The second kappa shape index (κ2) is 5.71. The lowest BCUT2D eigenvalue weighted by Crippen LogP contribution is -2.25. The summed E-state index contributed by atoms with van der Waals surface area (Å²) < 4.78 is 1.85. The molecule has 86 valence electrons. The number of terminal acetylenes is 1. The van der Waals surface area contributed by atoms with Gasteiger partial charge in [0, 0.05) is 6.54 Å². The number of halogens is 1.